The van der Waals surface area contributed by atoms with Crippen molar-refractivity contribution in [3.8, 4) is 11.3 Å². The molecule has 5 nitrogen and oxygen atoms in total. The van der Waals surface area contributed by atoms with E-state index in [1.807, 2.05) is 35.6 Å². The first-order valence-corrected chi connectivity index (χ1v) is 15.6. The van der Waals surface area contributed by atoms with Crippen molar-refractivity contribution in [2.75, 3.05) is 17.7 Å². The van der Waals surface area contributed by atoms with E-state index >= 15 is 0 Å². The molecule has 1 aliphatic carbocycles. The Labute approximate surface area is 258 Å². The molecule has 0 saturated heterocycles. The highest BCUT2D eigenvalue weighted by molar-refractivity contribution is 7.13. The summed E-state index contributed by atoms with van der Waals surface area (Å²) in [5.74, 6) is 0.552. The molecule has 0 saturated carbocycles. The van der Waals surface area contributed by atoms with Crippen LogP contribution in [0.1, 0.15) is 44.8 Å². The standard InChI is InChI=1S/C37H37N5S/c1-25-32(14-10-15-33(25)39-26(2)36-23-30-13-8-9-16-35(30)43-36)34-21-22-38-37(41-34)40-31-19-17-29(18-20-31)27(3)42(4)24-28-11-6-5-7-12-28/h5-7,10-12,14-15,17-23,39H,2-3,8-9,13,16,24H2,1,4H3,(H,38,40,41). The second-order valence-electron chi connectivity index (χ2n) is 11.1. The monoisotopic (exact) mass is 583 g/mol. The zero-order valence-corrected chi connectivity index (χ0v) is 25.7. The van der Waals surface area contributed by atoms with E-state index in [1.54, 1.807) is 6.20 Å². The Bertz CT molecular complexity index is 1730. The van der Waals surface area contributed by atoms with E-state index in [0.29, 0.717) is 5.95 Å². The van der Waals surface area contributed by atoms with Crippen LogP contribution in [0.15, 0.2) is 104 Å². The minimum absolute atomic E-state index is 0.552. The van der Waals surface area contributed by atoms with Crippen LogP contribution >= 0.6 is 11.3 Å². The van der Waals surface area contributed by atoms with Gasteiger partial charge in [-0.15, -0.1) is 11.3 Å². The van der Waals surface area contributed by atoms with Crippen LogP contribution in [0.3, 0.4) is 0 Å². The molecule has 0 spiro atoms. The summed E-state index contributed by atoms with van der Waals surface area (Å²) in [6.07, 6.45) is 6.75. The van der Waals surface area contributed by atoms with Crippen molar-refractivity contribution in [3.63, 3.8) is 0 Å². The first kappa shape index (κ1) is 28.4. The molecule has 5 aromatic rings. The number of hydrogen-bond acceptors (Lipinski definition) is 6. The molecule has 2 N–H and O–H groups in total. The maximum absolute atomic E-state index is 4.86. The number of anilines is 3. The first-order chi connectivity index (χ1) is 20.9. The molecular weight excluding hydrogens is 547 g/mol. The summed E-state index contributed by atoms with van der Waals surface area (Å²) in [6, 6.07) is 29.2. The molecule has 0 aliphatic heterocycles. The molecule has 3 aromatic carbocycles. The van der Waals surface area contributed by atoms with E-state index in [-0.39, 0.29) is 0 Å². The maximum Gasteiger partial charge on any atom is 0.227 e. The van der Waals surface area contributed by atoms with Gasteiger partial charge in [0.25, 0.3) is 0 Å². The third kappa shape index (κ3) is 6.55. The lowest BCUT2D eigenvalue weighted by molar-refractivity contribution is 0.476. The largest absolute Gasteiger partial charge is 0.370 e. The zero-order chi connectivity index (χ0) is 29.8. The highest BCUT2D eigenvalue weighted by Gasteiger charge is 2.16. The Kier molecular flexibility index (Phi) is 8.38. The fourth-order valence-electron chi connectivity index (χ4n) is 5.53. The Balaban J connectivity index is 1.13. The number of nitrogens with zero attached hydrogens (tertiary/aromatic N) is 3. The summed E-state index contributed by atoms with van der Waals surface area (Å²) in [6.45, 7) is 11.6. The topological polar surface area (TPSA) is 53.1 Å². The van der Waals surface area contributed by atoms with E-state index in [4.69, 9.17) is 4.98 Å². The second-order valence-corrected chi connectivity index (χ2v) is 12.2. The van der Waals surface area contributed by atoms with Crippen molar-refractivity contribution in [3.05, 3.63) is 136 Å². The first-order valence-electron chi connectivity index (χ1n) is 14.8. The van der Waals surface area contributed by atoms with Gasteiger partial charge in [-0.1, -0.05) is 67.8 Å². The van der Waals surface area contributed by atoms with E-state index in [0.717, 1.165) is 51.7 Å². The molecule has 0 bridgehead atoms. The molecule has 1 aliphatic rings. The van der Waals surface area contributed by atoms with Crippen molar-refractivity contribution in [2.45, 2.75) is 39.2 Å². The lowest BCUT2D eigenvalue weighted by Crippen LogP contribution is -2.15. The normalized spacial score (nSPS) is 12.3. The van der Waals surface area contributed by atoms with Gasteiger partial charge in [-0.25, -0.2) is 9.97 Å². The zero-order valence-electron chi connectivity index (χ0n) is 24.9. The average Bonchev–Trinajstić information content (AvgIpc) is 3.48. The molecule has 0 atom stereocenters. The number of benzene rings is 3. The minimum atomic E-state index is 0.552. The van der Waals surface area contributed by atoms with Crippen molar-refractivity contribution in [2.24, 2.45) is 0 Å². The average molecular weight is 584 g/mol. The highest BCUT2D eigenvalue weighted by atomic mass is 32.1. The summed E-state index contributed by atoms with van der Waals surface area (Å²) in [4.78, 5) is 14.3. The predicted molar refractivity (Wildman–Crippen MR) is 182 cm³/mol. The lowest BCUT2D eigenvalue weighted by atomic mass is 9.99. The van der Waals surface area contributed by atoms with Gasteiger partial charge in [-0.3, -0.25) is 0 Å². The third-order valence-electron chi connectivity index (χ3n) is 8.04. The Hall–Kier alpha value is -4.68. The van der Waals surface area contributed by atoms with Gasteiger partial charge in [0.2, 0.25) is 5.95 Å². The number of aromatic nitrogens is 2. The molecule has 2 aromatic heterocycles. The minimum Gasteiger partial charge on any atom is -0.370 e. The molecule has 216 valence electrons. The number of aryl methyl sites for hydroxylation is 2. The van der Waals surface area contributed by atoms with Crippen LogP contribution in [-0.4, -0.2) is 21.9 Å². The summed E-state index contributed by atoms with van der Waals surface area (Å²) < 4.78 is 0. The van der Waals surface area contributed by atoms with E-state index in [1.165, 1.54) is 46.6 Å². The second kappa shape index (κ2) is 12.7. The van der Waals surface area contributed by atoms with E-state index < -0.39 is 0 Å². The lowest BCUT2D eigenvalue weighted by Gasteiger charge is -2.22. The molecular formula is C37H37N5S. The van der Waals surface area contributed by atoms with Gasteiger partial charge in [-0.2, -0.15) is 0 Å². The van der Waals surface area contributed by atoms with Gasteiger partial charge in [0.15, 0.2) is 0 Å². The van der Waals surface area contributed by atoms with E-state index in [2.05, 4.69) is 108 Å². The molecule has 0 unspecified atom stereocenters. The summed E-state index contributed by atoms with van der Waals surface area (Å²) in [7, 11) is 2.07. The van der Waals surface area contributed by atoms with Crippen LogP contribution in [-0.2, 0) is 19.4 Å². The van der Waals surface area contributed by atoms with Crippen molar-refractivity contribution < 1.29 is 0 Å². The summed E-state index contributed by atoms with van der Waals surface area (Å²) in [5, 5.41) is 6.95. The molecule has 0 fully saturated rings. The smallest absolute Gasteiger partial charge is 0.227 e. The van der Waals surface area contributed by atoms with Crippen LogP contribution in [0.2, 0.25) is 0 Å². The van der Waals surface area contributed by atoms with Gasteiger partial charge in [-0.05, 0) is 85.2 Å². The van der Waals surface area contributed by atoms with E-state index in [9.17, 15) is 0 Å². The molecule has 43 heavy (non-hydrogen) atoms. The summed E-state index contributed by atoms with van der Waals surface area (Å²) >= 11 is 1.88. The SMILES string of the molecule is C=C(Nc1cccc(-c2ccnc(Nc3ccc(C(=C)N(C)Cc4ccccc4)cc3)n2)c1C)c1cc2c(s1)CCCC2. The number of rotatable bonds is 10. The van der Waals surface area contributed by atoms with Crippen LogP contribution in [0, 0.1) is 6.92 Å². The van der Waals surface area contributed by atoms with Gasteiger partial charge in [0.05, 0.1) is 10.6 Å². The van der Waals surface area contributed by atoms with Crippen LogP contribution in [0.25, 0.3) is 22.7 Å². The van der Waals surface area contributed by atoms with Crippen molar-refractivity contribution in [1.29, 1.82) is 0 Å². The number of thiophene rings is 1. The molecule has 0 radical (unpaired) electrons. The van der Waals surface area contributed by atoms with Gasteiger partial charge >= 0.3 is 0 Å². The summed E-state index contributed by atoms with van der Waals surface area (Å²) in [5.41, 5.74) is 10.7. The van der Waals surface area contributed by atoms with Gasteiger partial charge in [0, 0.05) is 53.0 Å². The molecule has 0 amide bonds. The predicted octanol–water partition coefficient (Wildman–Crippen LogP) is 9.32. The van der Waals surface area contributed by atoms with Crippen LogP contribution in [0.5, 0.6) is 0 Å². The van der Waals surface area contributed by atoms with Crippen molar-refractivity contribution >= 4 is 40.1 Å². The molecule has 6 rings (SSSR count). The van der Waals surface area contributed by atoms with Gasteiger partial charge < -0.3 is 15.5 Å². The van der Waals surface area contributed by atoms with Gasteiger partial charge in [0.1, 0.15) is 0 Å². The Morgan fingerprint density at radius 3 is 2.51 bits per heavy atom. The Morgan fingerprint density at radius 1 is 0.930 bits per heavy atom. The fourth-order valence-corrected chi connectivity index (χ4v) is 6.71. The fraction of sp³-hybridized carbons (Fsp3) is 0.189. The van der Waals surface area contributed by atoms with Crippen molar-refractivity contribution in [1.82, 2.24) is 14.9 Å². The molecule has 6 heteroatoms. The quantitative estimate of drug-likeness (QED) is 0.172. The third-order valence-corrected chi connectivity index (χ3v) is 9.34. The number of nitrogens with one attached hydrogen (secondary N) is 2. The highest BCUT2D eigenvalue weighted by Crippen LogP contribution is 2.35. The number of fused-ring (bicyclic) bond motifs is 1. The Morgan fingerprint density at radius 2 is 1.72 bits per heavy atom. The number of hydrogen-bond donors (Lipinski definition) is 2. The van der Waals surface area contributed by atoms with Crippen LogP contribution < -0.4 is 10.6 Å². The molecule has 2 heterocycles. The maximum atomic E-state index is 4.86. The van der Waals surface area contributed by atoms with Crippen LogP contribution in [0.4, 0.5) is 17.3 Å².